The van der Waals surface area contributed by atoms with Crippen molar-refractivity contribution in [3.05, 3.63) is 36.0 Å². The second-order valence-corrected chi connectivity index (χ2v) is 2.73. The van der Waals surface area contributed by atoms with E-state index in [1.54, 1.807) is 24.3 Å². The normalized spacial score (nSPS) is 13.1. The van der Waals surface area contributed by atoms with Gasteiger partial charge in [0, 0.05) is 0 Å². The van der Waals surface area contributed by atoms with E-state index in [0.29, 0.717) is 11.4 Å². The van der Waals surface area contributed by atoms with Gasteiger partial charge in [-0.1, -0.05) is 12.1 Å². The molecular formula is C9H8ClFN2O2. The van der Waals surface area contributed by atoms with Gasteiger partial charge in [-0.2, -0.15) is 4.39 Å². The molecule has 0 radical (unpaired) electrons. The van der Waals surface area contributed by atoms with Crippen LogP contribution in [0, 0.1) is 0 Å². The summed E-state index contributed by atoms with van der Waals surface area (Å²) < 4.78 is 18.1. The smallest absolute Gasteiger partial charge is 0.289 e. The topological polar surface area (TPSA) is 64.4 Å². The molecule has 3 N–H and O–H groups in total. The molecular weight excluding hydrogens is 223 g/mol. The molecule has 0 saturated heterocycles. The molecule has 1 aromatic carbocycles. The molecule has 0 aliphatic carbocycles. The van der Waals surface area contributed by atoms with Crippen molar-refractivity contribution in [2.75, 3.05) is 5.32 Å². The largest absolute Gasteiger partial charge is 0.445 e. The molecule has 0 unspecified atom stereocenters. The number of nitrogens with two attached hydrogens (primary N) is 1. The predicted octanol–water partition coefficient (Wildman–Crippen LogP) is 1.54. The second kappa shape index (κ2) is 4.18. The molecule has 4 nitrogen and oxygen atoms in total. The van der Waals surface area contributed by atoms with Crippen LogP contribution in [0.1, 0.15) is 0 Å². The summed E-state index contributed by atoms with van der Waals surface area (Å²) in [4.78, 5) is 10.7. The highest BCUT2D eigenvalue weighted by atomic mass is 35.5. The Balaban J connectivity index is 0.00000112. The van der Waals surface area contributed by atoms with Gasteiger partial charge in [0.15, 0.2) is 5.75 Å². The molecule has 15 heavy (non-hydrogen) atoms. The fourth-order valence-corrected chi connectivity index (χ4v) is 1.15. The number of fused-ring (bicyclic) bond motifs is 1. The first kappa shape index (κ1) is 11.3. The number of anilines is 1. The van der Waals surface area contributed by atoms with Crippen LogP contribution in [-0.4, -0.2) is 5.91 Å². The van der Waals surface area contributed by atoms with Crippen molar-refractivity contribution in [2.45, 2.75) is 0 Å². The Kier molecular flexibility index (Phi) is 3.16. The van der Waals surface area contributed by atoms with Crippen molar-refractivity contribution in [3.63, 3.8) is 0 Å². The maximum atomic E-state index is 13.1. The van der Waals surface area contributed by atoms with E-state index in [4.69, 9.17) is 10.5 Å². The number of ether oxygens (including phenoxy) is 1. The molecule has 2 rings (SSSR count). The Morgan fingerprint density at radius 3 is 2.73 bits per heavy atom. The molecule has 1 aliphatic rings. The summed E-state index contributed by atoms with van der Waals surface area (Å²) in [5.74, 6) is -1.92. The highest BCUT2D eigenvalue weighted by molar-refractivity contribution is 5.92. The second-order valence-electron chi connectivity index (χ2n) is 2.73. The third-order valence-electron chi connectivity index (χ3n) is 1.77. The number of para-hydroxylation sites is 2. The van der Waals surface area contributed by atoms with Crippen LogP contribution in [0.25, 0.3) is 0 Å². The van der Waals surface area contributed by atoms with Gasteiger partial charge in [0.25, 0.3) is 5.91 Å². The van der Waals surface area contributed by atoms with Gasteiger partial charge in [-0.15, -0.1) is 12.4 Å². The average molecular weight is 231 g/mol. The lowest BCUT2D eigenvalue weighted by Crippen LogP contribution is -2.24. The van der Waals surface area contributed by atoms with E-state index in [-0.39, 0.29) is 12.4 Å². The van der Waals surface area contributed by atoms with Crippen molar-refractivity contribution in [1.29, 1.82) is 0 Å². The highest BCUT2D eigenvalue weighted by Gasteiger charge is 2.22. The zero-order chi connectivity index (χ0) is 10.1. The molecule has 6 heteroatoms. The minimum atomic E-state index is -0.940. The Hall–Kier alpha value is -1.75. The molecule has 0 spiro atoms. The molecule has 1 aromatic rings. The van der Waals surface area contributed by atoms with Gasteiger partial charge in [-0.05, 0) is 12.1 Å². The molecule has 1 amide bonds. The molecule has 80 valence electrons. The van der Waals surface area contributed by atoms with Crippen molar-refractivity contribution in [1.82, 2.24) is 0 Å². The van der Waals surface area contributed by atoms with Gasteiger partial charge in [-0.3, -0.25) is 4.79 Å². The lowest BCUT2D eigenvalue weighted by atomic mass is 10.2. The maximum Gasteiger partial charge on any atom is 0.289 e. The van der Waals surface area contributed by atoms with Gasteiger partial charge in [0.2, 0.25) is 11.7 Å². The number of benzene rings is 1. The van der Waals surface area contributed by atoms with Crippen LogP contribution < -0.4 is 15.8 Å². The summed E-state index contributed by atoms with van der Waals surface area (Å²) in [6, 6.07) is 6.67. The standard InChI is InChI=1S/C9H7FN2O2.ClH/c10-8-7(9(11)13)14-6-4-2-1-3-5(6)12-8;/h1-4,12H,(H2,11,13);1H. The lowest BCUT2D eigenvalue weighted by molar-refractivity contribution is -0.116. The van der Waals surface area contributed by atoms with Crippen molar-refractivity contribution >= 4 is 24.0 Å². The van der Waals surface area contributed by atoms with Gasteiger partial charge < -0.3 is 15.8 Å². The number of rotatable bonds is 1. The fraction of sp³-hybridized carbons (Fsp3) is 0. The van der Waals surface area contributed by atoms with E-state index < -0.39 is 17.6 Å². The molecule has 0 bridgehead atoms. The van der Waals surface area contributed by atoms with Crippen LogP contribution in [0.2, 0.25) is 0 Å². The molecule has 0 atom stereocenters. The summed E-state index contributed by atoms with van der Waals surface area (Å²) >= 11 is 0. The quantitative estimate of drug-likeness (QED) is 0.720. The van der Waals surface area contributed by atoms with E-state index in [1.807, 2.05) is 0 Å². The highest BCUT2D eigenvalue weighted by Crippen LogP contribution is 2.32. The minimum Gasteiger partial charge on any atom is -0.445 e. The van der Waals surface area contributed by atoms with Gasteiger partial charge >= 0.3 is 0 Å². The first-order valence-corrected chi connectivity index (χ1v) is 3.92. The summed E-state index contributed by atoms with van der Waals surface area (Å²) in [6.07, 6.45) is 0. The molecule has 0 saturated carbocycles. The number of nitrogens with one attached hydrogen (secondary N) is 1. The summed E-state index contributed by atoms with van der Waals surface area (Å²) in [5, 5.41) is 2.38. The molecule has 0 fully saturated rings. The van der Waals surface area contributed by atoms with Gasteiger partial charge in [0.05, 0.1) is 5.69 Å². The van der Waals surface area contributed by atoms with Crippen LogP contribution in [0.3, 0.4) is 0 Å². The van der Waals surface area contributed by atoms with E-state index in [2.05, 4.69) is 5.32 Å². The average Bonchev–Trinajstić information content (AvgIpc) is 2.16. The van der Waals surface area contributed by atoms with Crippen LogP contribution >= 0.6 is 12.4 Å². The Morgan fingerprint density at radius 1 is 1.40 bits per heavy atom. The van der Waals surface area contributed by atoms with Crippen molar-refractivity contribution < 1.29 is 13.9 Å². The lowest BCUT2D eigenvalue weighted by Gasteiger charge is -2.18. The summed E-state index contributed by atoms with van der Waals surface area (Å²) in [6.45, 7) is 0. The Labute approximate surface area is 91.3 Å². The van der Waals surface area contributed by atoms with Crippen LogP contribution in [-0.2, 0) is 4.79 Å². The molecule has 0 aromatic heterocycles. The zero-order valence-electron chi connectivity index (χ0n) is 7.49. The summed E-state index contributed by atoms with van der Waals surface area (Å²) in [7, 11) is 0. The van der Waals surface area contributed by atoms with Crippen LogP contribution in [0.5, 0.6) is 5.75 Å². The number of amides is 1. The number of carbonyl (C=O) groups is 1. The van der Waals surface area contributed by atoms with Crippen LogP contribution in [0.15, 0.2) is 36.0 Å². The number of carbonyl (C=O) groups excluding carboxylic acids is 1. The maximum absolute atomic E-state index is 13.1. The number of primary amides is 1. The fourth-order valence-electron chi connectivity index (χ4n) is 1.15. The van der Waals surface area contributed by atoms with E-state index in [1.165, 1.54) is 0 Å². The first-order valence-electron chi connectivity index (χ1n) is 3.92. The Bertz CT molecular complexity index is 434. The Morgan fingerprint density at radius 2 is 2.07 bits per heavy atom. The number of hydrogen-bond donors (Lipinski definition) is 2. The number of hydrogen-bond acceptors (Lipinski definition) is 3. The minimum absolute atomic E-state index is 0. The van der Waals surface area contributed by atoms with Gasteiger partial charge in [0.1, 0.15) is 0 Å². The summed E-state index contributed by atoms with van der Waals surface area (Å²) in [5.41, 5.74) is 5.38. The van der Waals surface area contributed by atoms with Crippen molar-refractivity contribution in [2.24, 2.45) is 5.73 Å². The third kappa shape index (κ3) is 2.02. The van der Waals surface area contributed by atoms with Crippen molar-refractivity contribution in [3.8, 4) is 5.75 Å². The molecule has 1 aliphatic heterocycles. The zero-order valence-corrected chi connectivity index (χ0v) is 8.31. The van der Waals surface area contributed by atoms with E-state index in [9.17, 15) is 9.18 Å². The first-order chi connectivity index (χ1) is 6.68. The monoisotopic (exact) mass is 230 g/mol. The predicted molar refractivity (Wildman–Crippen MR) is 55.3 cm³/mol. The van der Waals surface area contributed by atoms with E-state index in [0.717, 1.165) is 0 Å². The molecule has 1 heterocycles. The third-order valence-corrected chi connectivity index (χ3v) is 1.77. The number of halogens is 2. The SMILES string of the molecule is Cl.NC(=O)C1=C(F)Nc2ccccc2O1. The van der Waals surface area contributed by atoms with E-state index >= 15 is 0 Å². The van der Waals surface area contributed by atoms with Gasteiger partial charge in [-0.25, -0.2) is 0 Å². The van der Waals surface area contributed by atoms with Crippen LogP contribution in [0.4, 0.5) is 10.1 Å².